The van der Waals surface area contributed by atoms with Crippen molar-refractivity contribution in [1.29, 1.82) is 0 Å². The van der Waals surface area contributed by atoms with E-state index < -0.39 is 23.3 Å². The molecule has 6 nitrogen and oxygen atoms in total. The number of amides is 2. The summed E-state index contributed by atoms with van der Waals surface area (Å²) in [6.45, 7) is 5.06. The molecule has 1 aliphatic heterocycles. The first-order valence-electron chi connectivity index (χ1n) is 7.13. The molecule has 1 fully saturated rings. The number of aliphatic carboxylic acids is 1. The SMILES string of the molecule is Cc1ccc(N2CC(C(=O)NC(C)(C)C(=O)O)CC2=O)cc1. The summed E-state index contributed by atoms with van der Waals surface area (Å²) in [6.07, 6.45) is 0.0927. The fourth-order valence-corrected chi connectivity index (χ4v) is 2.32. The molecule has 6 heteroatoms. The van der Waals surface area contributed by atoms with Gasteiger partial charge in [-0.15, -0.1) is 0 Å². The summed E-state index contributed by atoms with van der Waals surface area (Å²) in [4.78, 5) is 36.9. The molecule has 0 spiro atoms. The number of carbonyl (C=O) groups is 3. The lowest BCUT2D eigenvalue weighted by molar-refractivity contribution is -0.146. The molecule has 1 heterocycles. The van der Waals surface area contributed by atoms with Gasteiger partial charge >= 0.3 is 5.97 Å². The van der Waals surface area contributed by atoms with Gasteiger partial charge in [0.25, 0.3) is 0 Å². The zero-order valence-corrected chi connectivity index (χ0v) is 12.9. The number of hydrogen-bond acceptors (Lipinski definition) is 3. The van der Waals surface area contributed by atoms with E-state index in [4.69, 9.17) is 5.11 Å². The average Bonchev–Trinajstić information content (AvgIpc) is 2.81. The number of aryl methyl sites for hydroxylation is 1. The molecule has 1 unspecified atom stereocenters. The van der Waals surface area contributed by atoms with E-state index in [9.17, 15) is 14.4 Å². The summed E-state index contributed by atoms with van der Waals surface area (Å²) in [5.74, 6) is -2.18. The Morgan fingerprint density at radius 3 is 2.41 bits per heavy atom. The van der Waals surface area contributed by atoms with Gasteiger partial charge in [-0.3, -0.25) is 9.59 Å². The topological polar surface area (TPSA) is 86.7 Å². The van der Waals surface area contributed by atoms with Crippen molar-refractivity contribution in [2.24, 2.45) is 5.92 Å². The van der Waals surface area contributed by atoms with Gasteiger partial charge in [0.05, 0.1) is 5.92 Å². The van der Waals surface area contributed by atoms with E-state index in [0.717, 1.165) is 11.3 Å². The summed E-state index contributed by atoms with van der Waals surface area (Å²) in [5.41, 5.74) is 0.494. The molecule has 2 amide bonds. The highest BCUT2D eigenvalue weighted by molar-refractivity contribution is 6.01. The molecule has 0 radical (unpaired) electrons. The third kappa shape index (κ3) is 3.27. The maximum absolute atomic E-state index is 12.2. The van der Waals surface area contributed by atoms with Gasteiger partial charge in [0, 0.05) is 18.7 Å². The van der Waals surface area contributed by atoms with Gasteiger partial charge in [0.15, 0.2) is 0 Å². The first-order valence-corrected chi connectivity index (χ1v) is 7.13. The van der Waals surface area contributed by atoms with Crippen LogP contribution in [-0.4, -0.2) is 35.0 Å². The van der Waals surface area contributed by atoms with Crippen molar-refractivity contribution in [1.82, 2.24) is 5.32 Å². The third-order valence-electron chi connectivity index (χ3n) is 3.81. The van der Waals surface area contributed by atoms with Crippen LogP contribution in [0.1, 0.15) is 25.8 Å². The molecule has 0 bridgehead atoms. The zero-order valence-electron chi connectivity index (χ0n) is 12.9. The molecule has 0 aromatic heterocycles. The van der Waals surface area contributed by atoms with Gasteiger partial charge in [-0.05, 0) is 32.9 Å². The summed E-state index contributed by atoms with van der Waals surface area (Å²) < 4.78 is 0. The van der Waals surface area contributed by atoms with Crippen molar-refractivity contribution in [2.75, 3.05) is 11.4 Å². The minimum Gasteiger partial charge on any atom is -0.480 e. The number of carboxylic acids is 1. The highest BCUT2D eigenvalue weighted by Crippen LogP contribution is 2.25. The molecule has 0 saturated carbocycles. The van der Waals surface area contributed by atoms with Crippen LogP contribution >= 0.6 is 0 Å². The smallest absolute Gasteiger partial charge is 0.328 e. The third-order valence-corrected chi connectivity index (χ3v) is 3.81. The van der Waals surface area contributed by atoms with Gasteiger partial charge in [-0.2, -0.15) is 0 Å². The number of carboxylic acid groups (broad SMARTS) is 1. The fourth-order valence-electron chi connectivity index (χ4n) is 2.32. The Morgan fingerprint density at radius 2 is 1.86 bits per heavy atom. The molecular formula is C16H20N2O4. The summed E-state index contributed by atoms with van der Waals surface area (Å²) in [5, 5.41) is 11.5. The van der Waals surface area contributed by atoms with Crippen molar-refractivity contribution in [3.8, 4) is 0 Å². The minimum absolute atomic E-state index is 0.0927. The largest absolute Gasteiger partial charge is 0.480 e. The maximum atomic E-state index is 12.2. The van der Waals surface area contributed by atoms with Crippen molar-refractivity contribution in [2.45, 2.75) is 32.7 Å². The zero-order chi connectivity index (χ0) is 16.5. The number of nitrogens with zero attached hydrogens (tertiary/aromatic N) is 1. The van der Waals surface area contributed by atoms with E-state index >= 15 is 0 Å². The molecule has 1 atom stereocenters. The Kier molecular flexibility index (Phi) is 4.21. The van der Waals surface area contributed by atoms with E-state index in [-0.39, 0.29) is 18.9 Å². The van der Waals surface area contributed by atoms with Gasteiger partial charge < -0.3 is 15.3 Å². The Bertz CT molecular complexity index is 607. The van der Waals surface area contributed by atoms with Crippen LogP contribution in [0, 0.1) is 12.8 Å². The first kappa shape index (κ1) is 16.0. The Morgan fingerprint density at radius 1 is 1.27 bits per heavy atom. The van der Waals surface area contributed by atoms with Gasteiger partial charge in [0.2, 0.25) is 11.8 Å². The van der Waals surface area contributed by atoms with E-state index in [2.05, 4.69) is 5.32 Å². The summed E-state index contributed by atoms with van der Waals surface area (Å²) in [6, 6.07) is 7.50. The number of carbonyl (C=O) groups excluding carboxylic acids is 2. The molecule has 0 aliphatic carbocycles. The average molecular weight is 304 g/mol. The normalized spacial score (nSPS) is 18.4. The van der Waals surface area contributed by atoms with Crippen LogP contribution in [0.25, 0.3) is 0 Å². The van der Waals surface area contributed by atoms with Crippen LogP contribution in [0.15, 0.2) is 24.3 Å². The van der Waals surface area contributed by atoms with Crippen LogP contribution < -0.4 is 10.2 Å². The maximum Gasteiger partial charge on any atom is 0.328 e. The Balaban J connectivity index is 2.07. The predicted molar refractivity (Wildman–Crippen MR) is 81.5 cm³/mol. The van der Waals surface area contributed by atoms with Crippen LogP contribution in [0.3, 0.4) is 0 Å². The van der Waals surface area contributed by atoms with E-state index in [1.165, 1.54) is 13.8 Å². The molecule has 2 N–H and O–H groups in total. The van der Waals surface area contributed by atoms with Gasteiger partial charge in [0.1, 0.15) is 5.54 Å². The molecule has 1 aromatic carbocycles. The lowest BCUT2D eigenvalue weighted by Gasteiger charge is -2.23. The van der Waals surface area contributed by atoms with Crippen LogP contribution in [0.5, 0.6) is 0 Å². The number of benzene rings is 1. The highest BCUT2D eigenvalue weighted by atomic mass is 16.4. The number of anilines is 1. The molecule has 1 aliphatic rings. The lowest BCUT2D eigenvalue weighted by Crippen LogP contribution is -2.51. The van der Waals surface area contributed by atoms with Crippen LogP contribution in [0.2, 0.25) is 0 Å². The molecule has 1 aromatic rings. The molecule has 1 saturated heterocycles. The minimum atomic E-state index is -1.35. The number of hydrogen-bond donors (Lipinski definition) is 2. The predicted octanol–water partition coefficient (Wildman–Crippen LogP) is 1.33. The van der Waals surface area contributed by atoms with Crippen molar-refractivity contribution in [3.05, 3.63) is 29.8 Å². The summed E-state index contributed by atoms with van der Waals surface area (Å²) >= 11 is 0. The molecule has 2 rings (SSSR count). The number of nitrogens with one attached hydrogen (secondary N) is 1. The van der Waals surface area contributed by atoms with Crippen LogP contribution in [0.4, 0.5) is 5.69 Å². The lowest BCUT2D eigenvalue weighted by atomic mass is 10.0. The van der Waals surface area contributed by atoms with E-state index in [1.807, 2.05) is 31.2 Å². The second-order valence-corrected chi connectivity index (χ2v) is 6.16. The fraction of sp³-hybridized carbons (Fsp3) is 0.438. The first-order chi connectivity index (χ1) is 10.2. The van der Waals surface area contributed by atoms with Gasteiger partial charge in [-0.1, -0.05) is 17.7 Å². The highest BCUT2D eigenvalue weighted by Gasteiger charge is 2.38. The quantitative estimate of drug-likeness (QED) is 0.878. The van der Waals surface area contributed by atoms with E-state index in [1.54, 1.807) is 4.90 Å². The van der Waals surface area contributed by atoms with Crippen molar-refractivity contribution >= 4 is 23.5 Å². The van der Waals surface area contributed by atoms with Crippen molar-refractivity contribution in [3.63, 3.8) is 0 Å². The monoisotopic (exact) mass is 304 g/mol. The second kappa shape index (κ2) is 5.79. The van der Waals surface area contributed by atoms with Gasteiger partial charge in [-0.25, -0.2) is 4.79 Å². The number of rotatable bonds is 4. The summed E-state index contributed by atoms with van der Waals surface area (Å²) in [7, 11) is 0. The molecule has 22 heavy (non-hydrogen) atoms. The van der Waals surface area contributed by atoms with Crippen molar-refractivity contribution < 1.29 is 19.5 Å². The molecular weight excluding hydrogens is 284 g/mol. The standard InChI is InChI=1S/C16H20N2O4/c1-10-4-6-12(7-5-10)18-9-11(8-13(18)19)14(20)17-16(2,3)15(21)22/h4-7,11H,8-9H2,1-3H3,(H,17,20)(H,21,22). The second-order valence-electron chi connectivity index (χ2n) is 6.16. The Labute approximate surface area is 129 Å². The Hall–Kier alpha value is -2.37. The van der Waals surface area contributed by atoms with E-state index in [0.29, 0.717) is 0 Å². The van der Waals surface area contributed by atoms with Crippen LogP contribution in [-0.2, 0) is 14.4 Å². The molecule has 118 valence electrons.